The maximum absolute atomic E-state index is 11.6. The molecule has 0 aliphatic rings. The Kier molecular flexibility index (Phi) is 3.46. The maximum atomic E-state index is 11.6. The Morgan fingerprint density at radius 2 is 2.20 bits per heavy atom. The summed E-state index contributed by atoms with van der Waals surface area (Å²) in [6, 6.07) is 1.33. The van der Waals surface area contributed by atoms with Gasteiger partial charge in [0.25, 0.3) is 5.91 Å². The lowest BCUT2D eigenvalue weighted by Crippen LogP contribution is -2.19. The van der Waals surface area contributed by atoms with Crippen LogP contribution in [0.3, 0.4) is 0 Å². The minimum atomic E-state index is -3.49. The van der Waals surface area contributed by atoms with E-state index in [1.165, 1.54) is 19.2 Å². The van der Waals surface area contributed by atoms with Crippen molar-refractivity contribution in [3.05, 3.63) is 22.4 Å². The summed E-state index contributed by atoms with van der Waals surface area (Å²) in [7, 11) is -3.49. The quantitative estimate of drug-likeness (QED) is 0.889. The van der Waals surface area contributed by atoms with Gasteiger partial charge in [0, 0.05) is 10.7 Å². The van der Waals surface area contributed by atoms with E-state index in [-0.39, 0.29) is 16.3 Å². The lowest BCUT2D eigenvalue weighted by atomic mass is 10.3. The van der Waals surface area contributed by atoms with E-state index in [0.717, 1.165) is 0 Å². The number of rotatable bonds is 3. The molecule has 0 saturated heterocycles. The summed E-state index contributed by atoms with van der Waals surface area (Å²) in [6.45, 7) is 1.49. The van der Waals surface area contributed by atoms with Crippen molar-refractivity contribution in [1.82, 2.24) is 4.98 Å². The van der Waals surface area contributed by atoms with Gasteiger partial charge in [0.2, 0.25) is 0 Å². The highest BCUT2D eigenvalue weighted by Gasteiger charge is 2.21. The number of halogens is 1. The van der Waals surface area contributed by atoms with Crippen LogP contribution in [0, 0.1) is 0 Å². The maximum Gasteiger partial charge on any atom is 0.268 e. The van der Waals surface area contributed by atoms with Crippen molar-refractivity contribution in [2.45, 2.75) is 11.8 Å². The summed E-state index contributed by atoms with van der Waals surface area (Å²) in [5.41, 5.74) is 4.81. The van der Waals surface area contributed by atoms with Gasteiger partial charge >= 0.3 is 0 Å². The van der Waals surface area contributed by atoms with E-state index in [1.807, 2.05) is 0 Å². The van der Waals surface area contributed by atoms with Crippen LogP contribution in [0.1, 0.15) is 17.4 Å². The van der Waals surface area contributed by atoms with Gasteiger partial charge in [-0.25, -0.2) is 13.4 Å². The summed E-state index contributed by atoms with van der Waals surface area (Å²) < 4.78 is 23.7. The Morgan fingerprint density at radius 3 is 2.67 bits per heavy atom. The van der Waals surface area contributed by atoms with Crippen LogP contribution in [0.2, 0.25) is 0 Å². The monoisotopic (exact) mass is 292 g/mol. The van der Waals surface area contributed by atoms with Crippen LogP contribution >= 0.6 is 15.9 Å². The fourth-order valence-corrected chi connectivity index (χ4v) is 2.55. The standard InChI is InChI=1S/C8H9BrN2O3S/c1-2-15(13,14)6-3-5(9)4-11-7(6)8(10)12/h3-4H,2H2,1H3,(H2,10,12). The molecule has 1 rings (SSSR count). The Bertz CT molecular complexity index is 499. The molecular weight excluding hydrogens is 284 g/mol. The second-order valence-corrected chi connectivity index (χ2v) is 5.93. The second-order valence-electron chi connectivity index (χ2n) is 2.77. The number of primary amides is 1. The zero-order valence-corrected chi connectivity index (χ0v) is 10.3. The minimum absolute atomic E-state index is 0.106. The van der Waals surface area contributed by atoms with Crippen molar-refractivity contribution in [3.8, 4) is 0 Å². The first-order valence-corrected chi connectivity index (χ1v) is 6.51. The number of aromatic nitrogens is 1. The predicted octanol–water partition coefficient (Wildman–Crippen LogP) is 0.737. The number of hydrogen-bond acceptors (Lipinski definition) is 4. The van der Waals surface area contributed by atoms with Crippen LogP contribution < -0.4 is 5.73 Å². The molecule has 0 saturated carbocycles. The molecule has 82 valence electrons. The predicted molar refractivity (Wildman–Crippen MR) is 58.2 cm³/mol. The van der Waals surface area contributed by atoms with Gasteiger partial charge in [-0.1, -0.05) is 6.92 Å². The van der Waals surface area contributed by atoms with E-state index in [4.69, 9.17) is 5.73 Å². The third-order valence-electron chi connectivity index (χ3n) is 1.77. The zero-order chi connectivity index (χ0) is 11.6. The molecule has 0 fully saturated rings. The first-order valence-electron chi connectivity index (χ1n) is 4.06. The summed E-state index contributed by atoms with van der Waals surface area (Å²) in [5, 5.41) is 0. The minimum Gasteiger partial charge on any atom is -0.364 e. The van der Waals surface area contributed by atoms with Gasteiger partial charge < -0.3 is 5.73 Å². The molecule has 1 heterocycles. The van der Waals surface area contributed by atoms with Gasteiger partial charge in [0.05, 0.1) is 10.6 Å². The zero-order valence-electron chi connectivity index (χ0n) is 7.90. The van der Waals surface area contributed by atoms with Crippen LogP contribution in [0.4, 0.5) is 0 Å². The van der Waals surface area contributed by atoms with Crippen LogP contribution in [0.25, 0.3) is 0 Å². The lowest BCUT2D eigenvalue weighted by molar-refractivity contribution is 0.0992. The molecule has 1 amide bonds. The molecule has 1 aromatic heterocycles. The highest BCUT2D eigenvalue weighted by molar-refractivity contribution is 9.10. The average Bonchev–Trinajstić information content (AvgIpc) is 2.17. The van der Waals surface area contributed by atoms with Crippen molar-refractivity contribution >= 4 is 31.7 Å². The molecule has 0 spiro atoms. The number of carbonyl (C=O) groups excluding carboxylic acids is 1. The lowest BCUT2D eigenvalue weighted by Gasteiger charge is -2.05. The van der Waals surface area contributed by atoms with Crippen molar-refractivity contribution in [1.29, 1.82) is 0 Å². The van der Waals surface area contributed by atoms with Crippen LogP contribution in [-0.2, 0) is 9.84 Å². The Morgan fingerprint density at radius 1 is 1.60 bits per heavy atom. The fraction of sp³-hybridized carbons (Fsp3) is 0.250. The number of carbonyl (C=O) groups is 1. The summed E-state index contributed by atoms with van der Waals surface area (Å²) in [5.74, 6) is -0.958. The Labute approximate surface area is 95.7 Å². The molecule has 0 aliphatic heterocycles. The second kappa shape index (κ2) is 4.28. The van der Waals surface area contributed by atoms with Crippen LogP contribution in [-0.4, -0.2) is 25.1 Å². The highest BCUT2D eigenvalue weighted by atomic mass is 79.9. The van der Waals surface area contributed by atoms with Crippen molar-refractivity contribution in [2.75, 3.05) is 5.75 Å². The first-order chi connectivity index (χ1) is 6.88. The third-order valence-corrected chi connectivity index (χ3v) is 3.94. The van der Waals surface area contributed by atoms with Gasteiger partial charge in [0.1, 0.15) is 5.69 Å². The Balaban J connectivity index is 3.51. The van der Waals surface area contributed by atoms with E-state index >= 15 is 0 Å². The number of sulfone groups is 1. The SMILES string of the molecule is CCS(=O)(=O)c1cc(Br)cnc1C(N)=O. The number of nitrogens with zero attached hydrogens (tertiary/aromatic N) is 1. The van der Waals surface area contributed by atoms with E-state index in [1.54, 1.807) is 0 Å². The van der Waals surface area contributed by atoms with Crippen molar-refractivity contribution < 1.29 is 13.2 Å². The van der Waals surface area contributed by atoms with Crippen molar-refractivity contribution in [3.63, 3.8) is 0 Å². The number of amides is 1. The number of pyridine rings is 1. The molecule has 0 unspecified atom stereocenters. The normalized spacial score (nSPS) is 11.3. The fourth-order valence-electron chi connectivity index (χ4n) is 0.998. The molecular formula is C8H9BrN2O3S. The van der Waals surface area contributed by atoms with Gasteiger partial charge in [-0.2, -0.15) is 0 Å². The molecule has 5 nitrogen and oxygen atoms in total. The third kappa shape index (κ3) is 2.54. The van der Waals surface area contributed by atoms with Crippen molar-refractivity contribution in [2.24, 2.45) is 5.73 Å². The first kappa shape index (κ1) is 12.1. The molecule has 0 atom stereocenters. The summed E-state index contributed by atoms with van der Waals surface area (Å²) >= 11 is 3.09. The Hall–Kier alpha value is -0.950. The highest BCUT2D eigenvalue weighted by Crippen LogP contribution is 2.19. The summed E-state index contributed by atoms with van der Waals surface area (Å²) in [6.07, 6.45) is 1.33. The van der Waals surface area contributed by atoms with Gasteiger partial charge in [-0.15, -0.1) is 0 Å². The molecule has 0 radical (unpaired) electrons. The van der Waals surface area contributed by atoms with E-state index < -0.39 is 15.7 Å². The van der Waals surface area contributed by atoms with E-state index in [9.17, 15) is 13.2 Å². The van der Waals surface area contributed by atoms with Gasteiger partial charge in [0.15, 0.2) is 9.84 Å². The molecule has 15 heavy (non-hydrogen) atoms. The van der Waals surface area contributed by atoms with Gasteiger partial charge in [-0.3, -0.25) is 4.79 Å². The topological polar surface area (TPSA) is 90.1 Å². The molecule has 1 aromatic rings. The molecule has 0 aromatic carbocycles. The molecule has 7 heteroatoms. The summed E-state index contributed by atoms with van der Waals surface area (Å²) in [4.78, 5) is 14.5. The van der Waals surface area contributed by atoms with E-state index in [2.05, 4.69) is 20.9 Å². The van der Waals surface area contributed by atoms with Gasteiger partial charge in [-0.05, 0) is 22.0 Å². The van der Waals surface area contributed by atoms with Crippen LogP contribution in [0.15, 0.2) is 21.6 Å². The average molecular weight is 293 g/mol. The smallest absolute Gasteiger partial charge is 0.268 e. The molecule has 2 N–H and O–H groups in total. The number of nitrogens with two attached hydrogens (primary N) is 1. The number of hydrogen-bond donors (Lipinski definition) is 1. The molecule has 0 aliphatic carbocycles. The molecule has 0 bridgehead atoms. The van der Waals surface area contributed by atoms with Crippen LogP contribution in [0.5, 0.6) is 0 Å². The van der Waals surface area contributed by atoms with E-state index in [0.29, 0.717) is 4.47 Å². The largest absolute Gasteiger partial charge is 0.364 e.